The summed E-state index contributed by atoms with van der Waals surface area (Å²) in [5, 5.41) is 0.634. The molecule has 0 atom stereocenters. The molecule has 1 aromatic heterocycles. The van der Waals surface area contributed by atoms with Gasteiger partial charge in [0.15, 0.2) is 0 Å². The minimum absolute atomic E-state index is 0.180. The number of hydrogen-bond acceptors (Lipinski definition) is 2. The van der Waals surface area contributed by atoms with Crippen LogP contribution in [0.1, 0.15) is 27.0 Å². The van der Waals surface area contributed by atoms with Crippen molar-refractivity contribution in [3.8, 4) is 0 Å². The minimum Gasteiger partial charge on any atom is -0.346 e. The molecular formula is C26H22N2O2. The molecule has 0 saturated carbocycles. The Kier molecular flexibility index (Phi) is 4.68. The number of rotatable bonds is 5. The molecule has 148 valence electrons. The molecule has 0 unspecified atom stereocenters. The number of aryl methyl sites for hydroxylation is 2. The summed E-state index contributed by atoms with van der Waals surface area (Å²) in [6.45, 7) is 1.70. The summed E-state index contributed by atoms with van der Waals surface area (Å²) in [5.41, 5.74) is 4.28. The largest absolute Gasteiger partial charge is 0.346 e. The quantitative estimate of drug-likeness (QED) is 0.503. The summed E-state index contributed by atoms with van der Waals surface area (Å²) in [4.78, 5) is 28.6. The molecule has 4 aromatic rings. The standard InChI is InChI=1S/C26H22N2O2/c29-25-22-13-7-12-21-14-15-27(24(21)22)18-23(25)26(30)28(16-19-8-3-1-4-9-19)17-20-10-5-2-6-11-20/h1-13,18H,14-17H2. The number of para-hydroxylation sites is 1. The number of hydrogen-bond donors (Lipinski definition) is 0. The zero-order valence-corrected chi connectivity index (χ0v) is 16.6. The predicted molar refractivity (Wildman–Crippen MR) is 118 cm³/mol. The number of benzene rings is 3. The maximum Gasteiger partial charge on any atom is 0.259 e. The Bertz CT molecular complexity index is 1240. The van der Waals surface area contributed by atoms with Crippen LogP contribution in [0, 0.1) is 0 Å². The van der Waals surface area contributed by atoms with E-state index in [0.29, 0.717) is 18.5 Å². The average Bonchev–Trinajstić information content (AvgIpc) is 3.21. The van der Waals surface area contributed by atoms with Crippen LogP contribution in [0.2, 0.25) is 0 Å². The molecule has 4 nitrogen and oxygen atoms in total. The molecule has 0 saturated heterocycles. The number of pyridine rings is 1. The molecule has 0 spiro atoms. The predicted octanol–water partition coefficient (Wildman–Crippen LogP) is 4.40. The van der Waals surface area contributed by atoms with Gasteiger partial charge in [0, 0.05) is 31.2 Å². The lowest BCUT2D eigenvalue weighted by Crippen LogP contribution is -2.34. The highest BCUT2D eigenvalue weighted by Gasteiger charge is 2.24. The van der Waals surface area contributed by atoms with E-state index in [1.165, 1.54) is 5.56 Å². The zero-order valence-electron chi connectivity index (χ0n) is 16.6. The highest BCUT2D eigenvalue weighted by atomic mass is 16.2. The molecule has 0 aliphatic carbocycles. The third kappa shape index (κ3) is 3.30. The van der Waals surface area contributed by atoms with Gasteiger partial charge in [-0.1, -0.05) is 72.8 Å². The second kappa shape index (κ2) is 7.64. The van der Waals surface area contributed by atoms with E-state index in [0.717, 1.165) is 29.6 Å². The van der Waals surface area contributed by atoms with Gasteiger partial charge in [0.1, 0.15) is 5.56 Å². The zero-order chi connectivity index (χ0) is 20.5. The highest BCUT2D eigenvalue weighted by molar-refractivity contribution is 5.98. The first-order valence-electron chi connectivity index (χ1n) is 10.2. The van der Waals surface area contributed by atoms with Crippen LogP contribution in [0.15, 0.2) is 89.9 Å². The van der Waals surface area contributed by atoms with Crippen molar-refractivity contribution in [1.82, 2.24) is 9.47 Å². The van der Waals surface area contributed by atoms with Crippen LogP contribution in [-0.4, -0.2) is 15.4 Å². The van der Waals surface area contributed by atoms with E-state index in [-0.39, 0.29) is 16.9 Å². The average molecular weight is 394 g/mol. The first kappa shape index (κ1) is 18.4. The van der Waals surface area contributed by atoms with Gasteiger partial charge in [0.25, 0.3) is 5.91 Å². The smallest absolute Gasteiger partial charge is 0.259 e. The molecule has 2 heterocycles. The van der Waals surface area contributed by atoms with Crippen LogP contribution in [0.3, 0.4) is 0 Å². The van der Waals surface area contributed by atoms with Crippen molar-refractivity contribution in [2.75, 3.05) is 0 Å². The van der Waals surface area contributed by atoms with Gasteiger partial charge >= 0.3 is 0 Å². The summed E-state index contributed by atoms with van der Waals surface area (Å²) in [7, 11) is 0. The lowest BCUT2D eigenvalue weighted by Gasteiger charge is -2.23. The van der Waals surface area contributed by atoms with E-state index in [2.05, 4.69) is 10.6 Å². The molecule has 5 rings (SSSR count). The van der Waals surface area contributed by atoms with Gasteiger partial charge in [-0.25, -0.2) is 0 Å². The summed E-state index contributed by atoms with van der Waals surface area (Å²) >= 11 is 0. The molecule has 0 bridgehead atoms. The van der Waals surface area contributed by atoms with Gasteiger partial charge in [-0.2, -0.15) is 0 Å². The number of nitrogens with zero attached hydrogens (tertiary/aromatic N) is 2. The Labute approximate surface area is 175 Å². The molecule has 1 aliphatic rings. The summed E-state index contributed by atoms with van der Waals surface area (Å²) in [6.07, 6.45) is 2.65. The van der Waals surface area contributed by atoms with Crippen molar-refractivity contribution < 1.29 is 4.79 Å². The van der Waals surface area contributed by atoms with Crippen LogP contribution in [-0.2, 0) is 26.1 Å². The van der Waals surface area contributed by atoms with Gasteiger partial charge in [-0.15, -0.1) is 0 Å². The van der Waals surface area contributed by atoms with Crippen molar-refractivity contribution in [2.24, 2.45) is 0 Å². The number of carbonyl (C=O) groups excluding carboxylic acids is 1. The topological polar surface area (TPSA) is 42.3 Å². The van der Waals surface area contributed by atoms with E-state index in [1.807, 2.05) is 72.8 Å². The third-order valence-corrected chi connectivity index (χ3v) is 5.75. The Morgan fingerprint density at radius 2 is 1.47 bits per heavy atom. The Morgan fingerprint density at radius 3 is 2.10 bits per heavy atom. The van der Waals surface area contributed by atoms with Gasteiger partial charge in [0.2, 0.25) is 5.43 Å². The molecule has 1 amide bonds. The molecule has 0 N–H and O–H groups in total. The minimum atomic E-state index is -0.226. The maximum absolute atomic E-state index is 13.6. The molecule has 4 heteroatoms. The van der Waals surface area contributed by atoms with Crippen LogP contribution < -0.4 is 5.43 Å². The van der Waals surface area contributed by atoms with Crippen molar-refractivity contribution in [3.05, 3.63) is 118 Å². The second-order valence-corrected chi connectivity index (χ2v) is 7.76. The number of amides is 1. The summed E-state index contributed by atoms with van der Waals surface area (Å²) in [6, 6.07) is 25.6. The second-order valence-electron chi connectivity index (χ2n) is 7.76. The van der Waals surface area contributed by atoms with E-state index >= 15 is 0 Å². The first-order valence-corrected chi connectivity index (χ1v) is 10.2. The third-order valence-electron chi connectivity index (χ3n) is 5.75. The highest BCUT2D eigenvalue weighted by Crippen LogP contribution is 2.24. The molecule has 1 aliphatic heterocycles. The Balaban J connectivity index is 1.57. The van der Waals surface area contributed by atoms with Crippen molar-refractivity contribution in [3.63, 3.8) is 0 Å². The molecule has 3 aromatic carbocycles. The van der Waals surface area contributed by atoms with Crippen LogP contribution in [0.4, 0.5) is 0 Å². The molecule has 30 heavy (non-hydrogen) atoms. The summed E-state index contributed by atoms with van der Waals surface area (Å²) < 4.78 is 2.06. The van der Waals surface area contributed by atoms with Crippen LogP contribution >= 0.6 is 0 Å². The van der Waals surface area contributed by atoms with E-state index in [9.17, 15) is 9.59 Å². The fraction of sp³-hybridized carbons (Fsp3) is 0.154. The Hall–Kier alpha value is -3.66. The number of aromatic nitrogens is 1. The SMILES string of the molecule is O=C(c1cn2c3c(cccc3c1=O)CC2)N(Cc1ccccc1)Cc1ccccc1. The van der Waals surface area contributed by atoms with Gasteiger partial charge in [-0.05, 0) is 29.2 Å². The van der Waals surface area contributed by atoms with Crippen LogP contribution in [0.5, 0.6) is 0 Å². The molecule has 0 radical (unpaired) electrons. The Morgan fingerprint density at radius 1 is 0.833 bits per heavy atom. The normalized spacial score (nSPS) is 12.3. The van der Waals surface area contributed by atoms with Crippen molar-refractivity contribution in [1.29, 1.82) is 0 Å². The van der Waals surface area contributed by atoms with Crippen molar-refractivity contribution >= 4 is 16.8 Å². The fourth-order valence-corrected chi connectivity index (χ4v) is 4.29. The van der Waals surface area contributed by atoms with E-state index < -0.39 is 0 Å². The van der Waals surface area contributed by atoms with Crippen molar-refractivity contribution in [2.45, 2.75) is 26.1 Å². The van der Waals surface area contributed by atoms with E-state index in [1.54, 1.807) is 11.1 Å². The van der Waals surface area contributed by atoms with Crippen LogP contribution in [0.25, 0.3) is 10.9 Å². The maximum atomic E-state index is 13.6. The van der Waals surface area contributed by atoms with Gasteiger partial charge in [0.05, 0.1) is 5.52 Å². The van der Waals surface area contributed by atoms with E-state index in [4.69, 9.17) is 0 Å². The number of carbonyl (C=O) groups is 1. The van der Waals surface area contributed by atoms with Gasteiger partial charge in [-0.3, -0.25) is 9.59 Å². The summed E-state index contributed by atoms with van der Waals surface area (Å²) in [5.74, 6) is -0.226. The van der Waals surface area contributed by atoms with Gasteiger partial charge < -0.3 is 9.47 Å². The lowest BCUT2D eigenvalue weighted by molar-refractivity contribution is 0.0728. The molecule has 0 fully saturated rings. The monoisotopic (exact) mass is 394 g/mol. The fourth-order valence-electron chi connectivity index (χ4n) is 4.29. The molecular weight excluding hydrogens is 372 g/mol. The lowest BCUT2D eigenvalue weighted by atomic mass is 10.1. The first-order chi connectivity index (χ1) is 14.7.